The first-order valence-electron chi connectivity index (χ1n) is 23.0. The third kappa shape index (κ3) is 18.5. The SMILES string of the molecule is CC[C@H]1C=CCC[C@@]2(C[C@@H]3CCc4c(C(=O)OCCCCCCCCCCCCCCCC(=O)N(CCCN)C[C@@H](O)CCN)c(CCC[C@@H](C)O)nc([n+]43)N2)O1.Cl.Cl.[Cl-]. The molecule has 4 heterocycles. The molecule has 0 saturated carbocycles. The van der Waals surface area contributed by atoms with Crippen molar-refractivity contribution >= 4 is 42.6 Å². The molecule has 15 heteroatoms. The number of carbonyl (C=O) groups is 2. The summed E-state index contributed by atoms with van der Waals surface area (Å²) in [6, 6.07) is 0.240. The molecule has 60 heavy (non-hydrogen) atoms. The van der Waals surface area contributed by atoms with E-state index in [0.717, 1.165) is 107 Å². The van der Waals surface area contributed by atoms with E-state index in [0.29, 0.717) is 64.0 Å². The summed E-state index contributed by atoms with van der Waals surface area (Å²) in [6.07, 6.45) is 27.7. The van der Waals surface area contributed by atoms with Crippen molar-refractivity contribution in [1.29, 1.82) is 0 Å². The first-order valence-corrected chi connectivity index (χ1v) is 23.0. The van der Waals surface area contributed by atoms with Crippen molar-refractivity contribution in [2.75, 3.05) is 38.1 Å². The van der Waals surface area contributed by atoms with E-state index >= 15 is 0 Å². The Bertz CT molecular complexity index is 1390. The van der Waals surface area contributed by atoms with Gasteiger partial charge in [0.2, 0.25) is 5.91 Å². The van der Waals surface area contributed by atoms with Crippen LogP contribution in [0.5, 0.6) is 0 Å². The third-order valence-corrected chi connectivity index (χ3v) is 12.1. The van der Waals surface area contributed by atoms with Gasteiger partial charge in [-0.25, -0.2) is 14.7 Å². The predicted octanol–water partition coefficient (Wildman–Crippen LogP) is 4.57. The zero-order valence-electron chi connectivity index (χ0n) is 36.9. The Labute approximate surface area is 380 Å². The minimum absolute atomic E-state index is 0. The second kappa shape index (κ2) is 31.1. The van der Waals surface area contributed by atoms with Crippen LogP contribution in [0, 0.1) is 0 Å². The lowest BCUT2D eigenvalue weighted by Crippen LogP contribution is -3.00. The number of allylic oxidation sites excluding steroid dienone is 1. The predicted molar refractivity (Wildman–Crippen MR) is 240 cm³/mol. The van der Waals surface area contributed by atoms with Crippen LogP contribution >= 0.6 is 24.8 Å². The summed E-state index contributed by atoms with van der Waals surface area (Å²) < 4.78 is 14.9. The van der Waals surface area contributed by atoms with E-state index in [4.69, 9.17) is 25.9 Å². The monoisotopic (exact) mass is 907 g/mol. The van der Waals surface area contributed by atoms with E-state index in [1.54, 1.807) is 4.90 Å². The summed E-state index contributed by atoms with van der Waals surface area (Å²) >= 11 is 0. The number of carbonyl (C=O) groups excluding carboxylic acids is 2. The van der Waals surface area contributed by atoms with E-state index in [2.05, 4.69) is 29.0 Å². The first-order chi connectivity index (χ1) is 27.7. The van der Waals surface area contributed by atoms with Gasteiger partial charge in [-0.3, -0.25) is 4.79 Å². The molecule has 0 fully saturated rings. The van der Waals surface area contributed by atoms with Crippen LogP contribution in [-0.2, 0) is 27.1 Å². The molecule has 12 nitrogen and oxygen atoms in total. The number of halogens is 3. The van der Waals surface area contributed by atoms with Gasteiger partial charge in [-0.05, 0) is 77.8 Å². The minimum Gasteiger partial charge on any atom is -1.00 e. The lowest BCUT2D eigenvalue weighted by Gasteiger charge is -2.38. The number of nitrogens with two attached hydrogens (primary N) is 2. The Kier molecular flexibility index (Phi) is 29.2. The van der Waals surface area contributed by atoms with Crippen LogP contribution in [-0.4, -0.2) is 88.8 Å². The number of unbranched alkanes of at least 4 members (excludes halogenated alkanes) is 12. The van der Waals surface area contributed by atoms with Gasteiger partial charge in [0.05, 0.1) is 36.7 Å². The summed E-state index contributed by atoms with van der Waals surface area (Å²) in [5.41, 5.74) is 13.2. The number of hydrogen-bond acceptors (Lipinski definition) is 10. The number of ether oxygens (including phenoxy) is 2. The lowest BCUT2D eigenvalue weighted by molar-refractivity contribution is -0.713. The molecule has 1 spiro atoms. The largest absolute Gasteiger partial charge is 1.00 e. The van der Waals surface area contributed by atoms with Gasteiger partial charge in [0.15, 0.2) is 5.72 Å². The van der Waals surface area contributed by atoms with Crippen LogP contribution in [0.25, 0.3) is 0 Å². The molecule has 0 aliphatic carbocycles. The molecule has 0 saturated heterocycles. The smallest absolute Gasteiger partial charge is 0.394 e. The van der Waals surface area contributed by atoms with Crippen LogP contribution in [0.4, 0.5) is 5.95 Å². The Morgan fingerprint density at radius 2 is 1.62 bits per heavy atom. The van der Waals surface area contributed by atoms with Crippen LogP contribution in [0.3, 0.4) is 0 Å². The number of amides is 1. The summed E-state index contributed by atoms with van der Waals surface area (Å²) in [4.78, 5) is 33.3. The summed E-state index contributed by atoms with van der Waals surface area (Å²) in [5, 5.41) is 23.8. The molecule has 5 atom stereocenters. The summed E-state index contributed by atoms with van der Waals surface area (Å²) in [5.74, 6) is 0.665. The molecular weight excluding hydrogens is 827 g/mol. The normalized spacial score (nSPS) is 19.8. The number of anilines is 1. The topological polar surface area (TPSA) is 177 Å². The number of nitrogens with zero attached hydrogens (tertiary/aromatic N) is 3. The highest BCUT2D eigenvalue weighted by Gasteiger charge is 2.50. The van der Waals surface area contributed by atoms with Crippen LogP contribution < -0.4 is 33.8 Å². The maximum absolute atomic E-state index is 13.7. The fraction of sp³-hybridized carbons (Fsp3) is 0.822. The average molecular weight is 909 g/mol. The van der Waals surface area contributed by atoms with Gasteiger partial charge in [-0.15, -0.1) is 24.8 Å². The standard InChI is InChI=1S/C45H78N6O6.3ClH/c1-3-38-22-16-17-28-45(57-38)33-36-25-26-40-42(39(23-19-21-35(2)52)48-44(49-45)51(36)40)43(55)56-32-18-14-12-10-8-6-4-5-7-9-11-13-15-24-41(54)50(31-20-29-46)34-37(53)27-30-47;;;/h16,22,35-38,52-53H,3-15,17-21,23-34,46-47H2,1-2H3;3*1H/t35-,36+,37+,38+,45+;;;/m1.../s1. The van der Waals surface area contributed by atoms with E-state index in [9.17, 15) is 19.8 Å². The number of rotatable bonds is 29. The number of hydrogen-bond donors (Lipinski definition) is 5. The van der Waals surface area contributed by atoms with Crippen molar-refractivity contribution in [2.24, 2.45) is 11.5 Å². The molecule has 4 rings (SSSR count). The van der Waals surface area contributed by atoms with E-state index < -0.39 is 17.9 Å². The molecule has 0 unspecified atom stereocenters. The average Bonchev–Trinajstić information content (AvgIpc) is 3.50. The zero-order valence-corrected chi connectivity index (χ0v) is 39.3. The molecule has 3 aliphatic heterocycles. The van der Waals surface area contributed by atoms with Crippen molar-refractivity contribution in [2.45, 2.75) is 204 Å². The molecule has 1 amide bonds. The maximum Gasteiger partial charge on any atom is 0.394 e. The van der Waals surface area contributed by atoms with Gasteiger partial charge in [-0.2, -0.15) is 0 Å². The third-order valence-electron chi connectivity index (χ3n) is 12.1. The van der Waals surface area contributed by atoms with Crippen molar-refractivity contribution in [1.82, 2.24) is 9.88 Å². The molecular formula is C45H81Cl3N6O6. The Morgan fingerprint density at radius 1 is 0.967 bits per heavy atom. The number of aromatic nitrogens is 2. The van der Waals surface area contributed by atoms with Gasteiger partial charge in [0.1, 0.15) is 11.3 Å². The van der Waals surface area contributed by atoms with Gasteiger partial charge < -0.3 is 48.5 Å². The second-order valence-electron chi connectivity index (χ2n) is 17.1. The fourth-order valence-electron chi connectivity index (χ4n) is 8.89. The van der Waals surface area contributed by atoms with Crippen molar-refractivity contribution < 1.29 is 46.2 Å². The van der Waals surface area contributed by atoms with Crippen LogP contribution in [0.1, 0.15) is 189 Å². The maximum atomic E-state index is 13.7. The van der Waals surface area contributed by atoms with Crippen molar-refractivity contribution in [3.8, 4) is 0 Å². The zero-order chi connectivity index (χ0) is 40.9. The van der Waals surface area contributed by atoms with Crippen molar-refractivity contribution in [3.05, 3.63) is 29.1 Å². The Morgan fingerprint density at radius 3 is 2.23 bits per heavy atom. The highest BCUT2D eigenvalue weighted by atomic mass is 35.5. The molecule has 0 bridgehead atoms. The number of aliphatic hydroxyl groups excluding tert-OH is 2. The molecule has 7 N–H and O–H groups in total. The van der Waals surface area contributed by atoms with Gasteiger partial charge in [0.25, 0.3) is 0 Å². The quantitative estimate of drug-likeness (QED) is 0.0332. The van der Waals surface area contributed by atoms with Crippen LogP contribution in [0.2, 0.25) is 0 Å². The highest BCUT2D eigenvalue weighted by molar-refractivity contribution is 5.91. The Balaban J connectivity index is 0.00000600. The highest BCUT2D eigenvalue weighted by Crippen LogP contribution is 2.40. The minimum atomic E-state index is -0.568. The van der Waals surface area contributed by atoms with Gasteiger partial charge in [-0.1, -0.05) is 94.7 Å². The fourth-order valence-corrected chi connectivity index (χ4v) is 8.89. The number of nitrogens with one attached hydrogen (secondary N) is 1. The van der Waals surface area contributed by atoms with E-state index in [-0.39, 0.29) is 61.2 Å². The summed E-state index contributed by atoms with van der Waals surface area (Å²) in [7, 11) is 0. The molecule has 0 aromatic carbocycles. The Hall–Kier alpha value is -1.77. The molecule has 1 aromatic rings. The number of esters is 1. The molecule has 0 radical (unpaired) electrons. The second-order valence-corrected chi connectivity index (χ2v) is 17.1. The number of aliphatic hydroxyl groups is 2. The lowest BCUT2D eigenvalue weighted by atomic mass is 9.95. The summed E-state index contributed by atoms with van der Waals surface area (Å²) in [6.45, 7) is 6.30. The number of aryl methyl sites for hydroxylation is 1. The first kappa shape index (κ1) is 56.2. The molecule has 1 aromatic heterocycles. The van der Waals surface area contributed by atoms with Crippen molar-refractivity contribution in [3.63, 3.8) is 0 Å². The van der Waals surface area contributed by atoms with E-state index in [1.165, 1.54) is 44.9 Å². The molecule has 3 aliphatic rings. The van der Waals surface area contributed by atoms with Gasteiger partial charge in [0, 0.05) is 45.2 Å². The van der Waals surface area contributed by atoms with Gasteiger partial charge >= 0.3 is 11.9 Å². The molecule has 348 valence electrons. The van der Waals surface area contributed by atoms with E-state index in [1.807, 2.05) is 6.92 Å². The van der Waals surface area contributed by atoms with Crippen LogP contribution in [0.15, 0.2) is 12.2 Å².